The lowest BCUT2D eigenvalue weighted by atomic mass is 9.82. The van der Waals surface area contributed by atoms with Gasteiger partial charge in [-0.2, -0.15) is 0 Å². The smallest absolute Gasteiger partial charge is 0.304 e. The third kappa shape index (κ3) is 5.01. The van der Waals surface area contributed by atoms with Gasteiger partial charge in [-0.15, -0.1) is 0 Å². The lowest BCUT2D eigenvalue weighted by Crippen LogP contribution is -2.36. The lowest BCUT2D eigenvalue weighted by molar-refractivity contribution is -0.385. The Labute approximate surface area is 199 Å². The molecule has 1 amide bonds. The van der Waals surface area contributed by atoms with Crippen LogP contribution < -0.4 is 0 Å². The second-order valence-corrected chi connectivity index (χ2v) is 8.26. The molecule has 35 heavy (non-hydrogen) atoms. The maximum atomic E-state index is 13.0. The fraction of sp³-hybridized carbons (Fsp3) is 0.200. The molecule has 4 rings (SSSR count). The van der Waals surface area contributed by atoms with Crippen molar-refractivity contribution in [2.75, 3.05) is 6.54 Å². The van der Waals surface area contributed by atoms with Crippen molar-refractivity contribution >= 4 is 23.3 Å². The molecule has 0 saturated heterocycles. The Kier molecular flexibility index (Phi) is 6.54. The highest BCUT2D eigenvalue weighted by Crippen LogP contribution is 2.35. The van der Waals surface area contributed by atoms with Crippen LogP contribution in [0.25, 0.3) is 0 Å². The molecule has 0 spiro atoms. The van der Waals surface area contributed by atoms with Gasteiger partial charge in [-0.3, -0.25) is 29.8 Å². The summed E-state index contributed by atoms with van der Waals surface area (Å²) < 4.78 is 0. The Balaban J connectivity index is 1.62. The first-order chi connectivity index (χ1) is 16.7. The van der Waals surface area contributed by atoms with Crippen LogP contribution in [0.3, 0.4) is 0 Å². The molecule has 0 saturated carbocycles. The normalized spacial score (nSPS) is 13.5. The van der Waals surface area contributed by atoms with Crippen LogP contribution in [0.15, 0.2) is 66.7 Å². The number of carbonyl (C=O) groups is 2. The largest absolute Gasteiger partial charge is 0.481 e. The number of rotatable bonds is 7. The van der Waals surface area contributed by atoms with Crippen molar-refractivity contribution in [1.29, 1.82) is 0 Å². The van der Waals surface area contributed by atoms with Gasteiger partial charge in [-0.05, 0) is 40.8 Å². The van der Waals surface area contributed by atoms with Crippen molar-refractivity contribution in [3.05, 3.63) is 115 Å². The van der Waals surface area contributed by atoms with E-state index in [1.54, 1.807) is 17.0 Å². The molecule has 3 aromatic rings. The monoisotopic (exact) mass is 475 g/mol. The number of carbonyl (C=O) groups excluding carboxylic acids is 1. The Hall–Kier alpha value is -4.60. The third-order valence-corrected chi connectivity index (χ3v) is 6.17. The lowest BCUT2D eigenvalue weighted by Gasteiger charge is -2.32. The highest BCUT2D eigenvalue weighted by molar-refractivity contribution is 5.94. The van der Waals surface area contributed by atoms with Crippen LogP contribution in [0.1, 0.15) is 45.0 Å². The SMILES string of the molecule is O=C(O)CC(c1ccc([N+](=O)[O-])cc1)c1cccc2c1CCN(C(=O)c1ccc([N+](=O)[O-])cc1)C2. The van der Waals surface area contributed by atoms with Crippen LogP contribution in [-0.4, -0.2) is 38.3 Å². The molecule has 3 aromatic carbocycles. The van der Waals surface area contributed by atoms with Gasteiger partial charge in [0.15, 0.2) is 0 Å². The Morgan fingerprint density at radius 2 is 1.51 bits per heavy atom. The molecular formula is C25H21N3O7. The number of fused-ring (bicyclic) bond motifs is 1. The van der Waals surface area contributed by atoms with Gasteiger partial charge in [-0.1, -0.05) is 30.3 Å². The van der Waals surface area contributed by atoms with Crippen LogP contribution in [0.4, 0.5) is 11.4 Å². The number of hydrogen-bond acceptors (Lipinski definition) is 6. The average molecular weight is 475 g/mol. The second-order valence-electron chi connectivity index (χ2n) is 8.26. The van der Waals surface area contributed by atoms with Crippen molar-refractivity contribution in [1.82, 2.24) is 4.90 Å². The van der Waals surface area contributed by atoms with E-state index < -0.39 is 21.7 Å². The number of nitro benzene ring substituents is 2. The predicted octanol–water partition coefficient (Wildman–Crippen LogP) is 4.31. The highest BCUT2D eigenvalue weighted by Gasteiger charge is 2.28. The fourth-order valence-corrected chi connectivity index (χ4v) is 4.46. The van der Waals surface area contributed by atoms with Crippen molar-refractivity contribution in [3.8, 4) is 0 Å². The first kappa shape index (κ1) is 23.6. The molecule has 1 heterocycles. The van der Waals surface area contributed by atoms with E-state index in [0.29, 0.717) is 30.6 Å². The van der Waals surface area contributed by atoms with E-state index >= 15 is 0 Å². The van der Waals surface area contributed by atoms with E-state index in [0.717, 1.165) is 16.7 Å². The molecule has 0 aliphatic carbocycles. The average Bonchev–Trinajstić information content (AvgIpc) is 2.86. The van der Waals surface area contributed by atoms with E-state index in [4.69, 9.17) is 0 Å². The summed E-state index contributed by atoms with van der Waals surface area (Å²) in [4.78, 5) is 47.2. The van der Waals surface area contributed by atoms with E-state index in [-0.39, 0.29) is 23.7 Å². The molecule has 1 atom stereocenters. The summed E-state index contributed by atoms with van der Waals surface area (Å²) in [5, 5.41) is 31.4. The van der Waals surface area contributed by atoms with Gasteiger partial charge >= 0.3 is 5.97 Å². The van der Waals surface area contributed by atoms with Crippen molar-refractivity contribution in [2.24, 2.45) is 0 Å². The zero-order valence-corrected chi connectivity index (χ0v) is 18.5. The number of nitro groups is 2. The maximum absolute atomic E-state index is 13.0. The number of benzene rings is 3. The topological polar surface area (TPSA) is 144 Å². The number of carboxylic acids is 1. The predicted molar refractivity (Wildman–Crippen MR) is 125 cm³/mol. The highest BCUT2D eigenvalue weighted by atomic mass is 16.6. The van der Waals surface area contributed by atoms with Crippen LogP contribution >= 0.6 is 0 Å². The Morgan fingerprint density at radius 3 is 2.09 bits per heavy atom. The summed E-state index contributed by atoms with van der Waals surface area (Å²) in [5.41, 5.74) is 3.53. The summed E-state index contributed by atoms with van der Waals surface area (Å²) in [6.45, 7) is 0.721. The molecule has 0 fully saturated rings. The molecule has 0 radical (unpaired) electrons. The zero-order chi connectivity index (χ0) is 25.1. The fourth-order valence-electron chi connectivity index (χ4n) is 4.46. The molecule has 0 bridgehead atoms. The summed E-state index contributed by atoms with van der Waals surface area (Å²) in [7, 11) is 0. The molecule has 10 heteroatoms. The van der Waals surface area contributed by atoms with Crippen LogP contribution in [0.2, 0.25) is 0 Å². The van der Waals surface area contributed by atoms with Gasteiger partial charge < -0.3 is 10.0 Å². The minimum absolute atomic E-state index is 0.0710. The standard InChI is InChI=1S/C25H21N3O7/c29-24(30)14-23(16-4-8-19(9-5-16)27(32)33)22-3-1-2-18-15-26(13-12-21(18)22)25(31)17-6-10-20(11-7-17)28(34)35/h1-11,23H,12-15H2,(H,29,30). The van der Waals surface area contributed by atoms with Gasteiger partial charge in [0.1, 0.15) is 0 Å². The first-order valence-electron chi connectivity index (χ1n) is 10.8. The van der Waals surface area contributed by atoms with Gasteiger partial charge in [0.05, 0.1) is 16.3 Å². The van der Waals surface area contributed by atoms with Gasteiger partial charge in [0.2, 0.25) is 0 Å². The van der Waals surface area contributed by atoms with E-state index in [1.165, 1.54) is 36.4 Å². The zero-order valence-electron chi connectivity index (χ0n) is 18.5. The van der Waals surface area contributed by atoms with Gasteiger partial charge in [0.25, 0.3) is 17.3 Å². The van der Waals surface area contributed by atoms with Gasteiger partial charge in [-0.25, -0.2) is 0 Å². The summed E-state index contributed by atoms with van der Waals surface area (Å²) >= 11 is 0. The molecule has 1 aliphatic heterocycles. The number of amides is 1. The Bertz CT molecular complexity index is 1300. The van der Waals surface area contributed by atoms with Crippen LogP contribution in [0.5, 0.6) is 0 Å². The van der Waals surface area contributed by atoms with Crippen molar-refractivity contribution in [2.45, 2.75) is 25.3 Å². The third-order valence-electron chi connectivity index (χ3n) is 6.17. The number of carboxylic acid groups (broad SMARTS) is 1. The summed E-state index contributed by atoms with van der Waals surface area (Å²) in [6, 6.07) is 16.9. The molecule has 10 nitrogen and oxygen atoms in total. The minimum Gasteiger partial charge on any atom is -0.481 e. The molecule has 1 unspecified atom stereocenters. The molecular weight excluding hydrogens is 454 g/mol. The molecule has 178 valence electrons. The summed E-state index contributed by atoms with van der Waals surface area (Å²) in [5.74, 6) is -1.73. The Morgan fingerprint density at radius 1 is 0.914 bits per heavy atom. The number of hydrogen-bond donors (Lipinski definition) is 1. The maximum Gasteiger partial charge on any atom is 0.304 e. The van der Waals surface area contributed by atoms with E-state index in [9.17, 15) is 34.9 Å². The quantitative estimate of drug-likeness (QED) is 0.396. The van der Waals surface area contributed by atoms with Gasteiger partial charge in [0, 0.05) is 48.8 Å². The molecule has 1 N–H and O–H groups in total. The van der Waals surface area contributed by atoms with Crippen LogP contribution in [0, 0.1) is 20.2 Å². The van der Waals surface area contributed by atoms with E-state index in [1.807, 2.05) is 18.2 Å². The second kappa shape index (κ2) is 9.72. The number of nitrogens with zero attached hydrogens (tertiary/aromatic N) is 3. The molecule has 1 aliphatic rings. The number of non-ortho nitro benzene ring substituents is 2. The minimum atomic E-state index is -0.989. The van der Waals surface area contributed by atoms with Crippen molar-refractivity contribution in [3.63, 3.8) is 0 Å². The van der Waals surface area contributed by atoms with Crippen LogP contribution in [-0.2, 0) is 17.8 Å². The number of aliphatic carboxylic acids is 1. The first-order valence-corrected chi connectivity index (χ1v) is 10.8. The molecule has 0 aromatic heterocycles. The van der Waals surface area contributed by atoms with E-state index in [2.05, 4.69) is 0 Å². The summed E-state index contributed by atoms with van der Waals surface area (Å²) in [6.07, 6.45) is 0.326. The van der Waals surface area contributed by atoms with Crippen molar-refractivity contribution < 1.29 is 24.5 Å².